The third-order valence-corrected chi connectivity index (χ3v) is 6.81. The quantitative estimate of drug-likeness (QED) is 0.335. The number of nitrogens with zero attached hydrogens (tertiary/aromatic N) is 1. The maximum Gasteiger partial charge on any atom is 0.294 e. The second-order valence-corrected chi connectivity index (χ2v) is 9.86. The number of carbonyl (C=O) groups excluding carboxylic acids is 3. The number of nitrogens with one attached hydrogen (secondary N) is 1. The summed E-state index contributed by atoms with van der Waals surface area (Å²) in [6.07, 6.45) is 1.63. The Morgan fingerprint density at radius 1 is 1.08 bits per heavy atom. The van der Waals surface area contributed by atoms with Gasteiger partial charge in [-0.05, 0) is 88.2 Å². The molecule has 1 aliphatic heterocycles. The average Bonchev–Trinajstić information content (AvgIpc) is 3.11. The van der Waals surface area contributed by atoms with E-state index in [4.69, 9.17) is 9.47 Å². The van der Waals surface area contributed by atoms with Crippen molar-refractivity contribution in [2.24, 2.45) is 0 Å². The highest BCUT2D eigenvalue weighted by Crippen LogP contribution is 2.34. The lowest BCUT2D eigenvalue weighted by atomic mass is 10.1. The van der Waals surface area contributed by atoms with Crippen LogP contribution in [-0.4, -0.2) is 35.6 Å². The molecule has 3 aromatic carbocycles. The predicted octanol–water partition coefficient (Wildman–Crippen LogP) is 6.02. The zero-order valence-electron chi connectivity index (χ0n) is 19.6. The Bertz CT molecular complexity index is 1340. The Labute approximate surface area is 221 Å². The van der Waals surface area contributed by atoms with E-state index >= 15 is 0 Å². The minimum Gasteiger partial charge on any atom is -0.497 e. The molecule has 4 rings (SSSR count). The van der Waals surface area contributed by atoms with Crippen LogP contribution >= 0.6 is 27.7 Å². The minimum absolute atomic E-state index is 0.248. The normalized spacial score (nSPS) is 14.3. The largest absolute Gasteiger partial charge is 0.497 e. The number of anilines is 1. The van der Waals surface area contributed by atoms with Gasteiger partial charge in [0.1, 0.15) is 24.7 Å². The third kappa shape index (κ3) is 6.35. The molecular weight excluding hydrogens is 544 g/mol. The fourth-order valence-electron chi connectivity index (χ4n) is 3.49. The SMILES string of the molecule is COc1ccc(NC(=O)CN2C(=O)S/C(=C/c3ccc(OCc4cccc(C)c4)c(Br)c3)C2=O)cc1. The van der Waals surface area contributed by atoms with Crippen molar-refractivity contribution in [1.29, 1.82) is 0 Å². The van der Waals surface area contributed by atoms with Crippen LogP contribution in [0.1, 0.15) is 16.7 Å². The summed E-state index contributed by atoms with van der Waals surface area (Å²) in [4.78, 5) is 38.8. The van der Waals surface area contributed by atoms with Crippen molar-refractivity contribution < 1.29 is 23.9 Å². The van der Waals surface area contributed by atoms with E-state index in [0.29, 0.717) is 23.8 Å². The summed E-state index contributed by atoms with van der Waals surface area (Å²) in [5, 5.41) is 2.18. The molecule has 36 heavy (non-hydrogen) atoms. The summed E-state index contributed by atoms with van der Waals surface area (Å²) < 4.78 is 11.7. The van der Waals surface area contributed by atoms with Crippen molar-refractivity contribution in [3.05, 3.63) is 92.8 Å². The Morgan fingerprint density at radius 2 is 1.86 bits per heavy atom. The lowest BCUT2D eigenvalue weighted by Crippen LogP contribution is -2.36. The molecule has 0 saturated carbocycles. The maximum absolute atomic E-state index is 12.8. The summed E-state index contributed by atoms with van der Waals surface area (Å²) in [7, 11) is 1.55. The van der Waals surface area contributed by atoms with E-state index in [-0.39, 0.29) is 11.4 Å². The number of rotatable bonds is 8. The molecule has 0 aromatic heterocycles. The molecule has 3 aromatic rings. The maximum atomic E-state index is 12.8. The molecule has 1 saturated heterocycles. The van der Waals surface area contributed by atoms with Gasteiger partial charge in [-0.2, -0.15) is 0 Å². The lowest BCUT2D eigenvalue weighted by Gasteiger charge is -2.12. The molecule has 0 spiro atoms. The second kappa shape index (κ2) is 11.5. The summed E-state index contributed by atoms with van der Waals surface area (Å²) >= 11 is 4.32. The summed E-state index contributed by atoms with van der Waals surface area (Å²) in [5.74, 6) is 0.339. The zero-order valence-corrected chi connectivity index (χ0v) is 22.0. The number of imide groups is 1. The minimum atomic E-state index is -0.509. The van der Waals surface area contributed by atoms with Gasteiger partial charge in [0.15, 0.2) is 0 Å². The molecule has 3 amide bonds. The van der Waals surface area contributed by atoms with Gasteiger partial charge in [0.25, 0.3) is 11.1 Å². The van der Waals surface area contributed by atoms with Crippen molar-refractivity contribution in [1.82, 2.24) is 4.90 Å². The summed E-state index contributed by atoms with van der Waals surface area (Å²) in [5.41, 5.74) is 3.49. The number of halogens is 1. The van der Waals surface area contributed by atoms with Crippen LogP contribution in [0.15, 0.2) is 76.1 Å². The number of amides is 3. The highest BCUT2D eigenvalue weighted by molar-refractivity contribution is 9.10. The fourth-order valence-corrected chi connectivity index (χ4v) is 4.84. The monoisotopic (exact) mass is 566 g/mol. The number of ether oxygens (including phenoxy) is 2. The van der Waals surface area contributed by atoms with Gasteiger partial charge in [0, 0.05) is 5.69 Å². The molecule has 1 N–H and O–H groups in total. The van der Waals surface area contributed by atoms with Gasteiger partial charge in [0.05, 0.1) is 16.5 Å². The first kappa shape index (κ1) is 25.5. The molecule has 0 radical (unpaired) electrons. The van der Waals surface area contributed by atoms with E-state index in [2.05, 4.69) is 27.3 Å². The Morgan fingerprint density at radius 3 is 2.56 bits per heavy atom. The van der Waals surface area contributed by atoms with Gasteiger partial charge >= 0.3 is 0 Å². The number of hydrogen-bond donors (Lipinski definition) is 1. The first-order chi connectivity index (χ1) is 17.3. The number of hydrogen-bond acceptors (Lipinski definition) is 6. The summed E-state index contributed by atoms with van der Waals surface area (Å²) in [6, 6.07) is 20.3. The number of methoxy groups -OCH3 is 1. The van der Waals surface area contributed by atoms with E-state index in [1.165, 1.54) is 0 Å². The highest BCUT2D eigenvalue weighted by Gasteiger charge is 2.36. The van der Waals surface area contributed by atoms with Crippen LogP contribution in [0.3, 0.4) is 0 Å². The van der Waals surface area contributed by atoms with Crippen molar-refractivity contribution in [2.45, 2.75) is 13.5 Å². The number of carbonyl (C=O) groups is 3. The van der Waals surface area contributed by atoms with E-state index in [0.717, 1.165) is 37.8 Å². The van der Waals surface area contributed by atoms with Gasteiger partial charge in [-0.15, -0.1) is 0 Å². The second-order valence-electron chi connectivity index (χ2n) is 8.01. The molecule has 1 fully saturated rings. The van der Waals surface area contributed by atoms with E-state index in [1.54, 1.807) is 49.6 Å². The third-order valence-electron chi connectivity index (χ3n) is 5.28. The Hall–Kier alpha value is -3.56. The van der Waals surface area contributed by atoms with Crippen molar-refractivity contribution in [2.75, 3.05) is 19.0 Å². The molecule has 0 unspecified atom stereocenters. The van der Waals surface area contributed by atoms with Gasteiger partial charge in [0.2, 0.25) is 5.91 Å². The zero-order chi connectivity index (χ0) is 25.7. The molecule has 9 heteroatoms. The van der Waals surface area contributed by atoms with Gasteiger partial charge < -0.3 is 14.8 Å². The number of thioether (sulfide) groups is 1. The smallest absolute Gasteiger partial charge is 0.294 e. The first-order valence-corrected chi connectivity index (χ1v) is 12.6. The van der Waals surface area contributed by atoms with Crippen LogP contribution in [-0.2, 0) is 16.2 Å². The predicted molar refractivity (Wildman–Crippen MR) is 144 cm³/mol. The van der Waals surface area contributed by atoms with Crippen LogP contribution in [0, 0.1) is 6.92 Å². The van der Waals surface area contributed by atoms with Gasteiger partial charge in [-0.1, -0.05) is 35.9 Å². The van der Waals surface area contributed by atoms with E-state index in [1.807, 2.05) is 31.2 Å². The van der Waals surface area contributed by atoms with E-state index < -0.39 is 17.1 Å². The van der Waals surface area contributed by atoms with Crippen molar-refractivity contribution in [3.63, 3.8) is 0 Å². The standard InChI is InChI=1S/C27H23BrN2O5S/c1-17-4-3-5-19(12-17)16-35-23-11-6-18(13-22(23)28)14-24-26(32)30(27(33)36-24)15-25(31)29-20-7-9-21(34-2)10-8-20/h3-14H,15-16H2,1-2H3,(H,29,31)/b24-14+. The molecular formula is C27H23BrN2O5S. The molecule has 1 aliphatic rings. The molecule has 0 atom stereocenters. The lowest BCUT2D eigenvalue weighted by molar-refractivity contribution is -0.127. The fraction of sp³-hybridized carbons (Fsp3) is 0.148. The highest BCUT2D eigenvalue weighted by atomic mass is 79.9. The van der Waals surface area contributed by atoms with Gasteiger partial charge in [-0.25, -0.2) is 0 Å². The molecule has 0 aliphatic carbocycles. The average molecular weight is 567 g/mol. The van der Waals surface area contributed by atoms with Crippen molar-refractivity contribution in [3.8, 4) is 11.5 Å². The van der Waals surface area contributed by atoms with Crippen LogP contribution in [0.5, 0.6) is 11.5 Å². The first-order valence-electron chi connectivity index (χ1n) is 11.0. The van der Waals surface area contributed by atoms with Crippen LogP contribution in [0.25, 0.3) is 6.08 Å². The van der Waals surface area contributed by atoms with Crippen LogP contribution in [0.2, 0.25) is 0 Å². The molecule has 1 heterocycles. The Balaban J connectivity index is 1.38. The van der Waals surface area contributed by atoms with E-state index in [9.17, 15) is 14.4 Å². The topological polar surface area (TPSA) is 84.9 Å². The van der Waals surface area contributed by atoms with Gasteiger partial charge in [-0.3, -0.25) is 19.3 Å². The Kier molecular flexibility index (Phi) is 8.12. The van der Waals surface area contributed by atoms with Crippen LogP contribution < -0.4 is 14.8 Å². The summed E-state index contributed by atoms with van der Waals surface area (Å²) in [6.45, 7) is 2.09. The number of benzene rings is 3. The molecule has 184 valence electrons. The molecule has 0 bridgehead atoms. The van der Waals surface area contributed by atoms with Crippen molar-refractivity contribution >= 4 is 56.5 Å². The number of aryl methyl sites for hydroxylation is 1. The van der Waals surface area contributed by atoms with Crippen LogP contribution in [0.4, 0.5) is 10.5 Å². The molecule has 7 nitrogen and oxygen atoms in total.